The molecule has 3 N–H and O–H groups in total. The SMILES string of the molecule is CCN(C(=O)Nc1ccc(N)cc1)c1cccc(C)c1. The van der Waals surface area contributed by atoms with E-state index in [0.29, 0.717) is 12.2 Å². The summed E-state index contributed by atoms with van der Waals surface area (Å²) in [6.07, 6.45) is 0. The molecule has 2 aromatic carbocycles. The quantitative estimate of drug-likeness (QED) is 0.836. The summed E-state index contributed by atoms with van der Waals surface area (Å²) in [6.45, 7) is 4.56. The molecule has 4 nitrogen and oxygen atoms in total. The van der Waals surface area contributed by atoms with Gasteiger partial charge in [-0.3, -0.25) is 4.90 Å². The molecule has 0 fully saturated rings. The molecule has 0 spiro atoms. The summed E-state index contributed by atoms with van der Waals surface area (Å²) in [7, 11) is 0. The van der Waals surface area contributed by atoms with Crippen LogP contribution in [0.4, 0.5) is 21.9 Å². The number of anilines is 3. The van der Waals surface area contributed by atoms with Gasteiger partial charge in [0.2, 0.25) is 0 Å². The first-order valence-corrected chi connectivity index (χ1v) is 6.61. The molecule has 104 valence electrons. The Kier molecular flexibility index (Phi) is 4.25. The van der Waals surface area contributed by atoms with E-state index in [2.05, 4.69) is 5.32 Å². The standard InChI is InChI=1S/C16H19N3O/c1-3-19(15-6-4-5-12(2)11-15)16(20)18-14-9-7-13(17)8-10-14/h4-11H,3,17H2,1-2H3,(H,18,20). The fourth-order valence-electron chi connectivity index (χ4n) is 2.00. The molecule has 2 amide bonds. The molecule has 0 aliphatic carbocycles. The van der Waals surface area contributed by atoms with Gasteiger partial charge in [0.25, 0.3) is 0 Å². The lowest BCUT2D eigenvalue weighted by Crippen LogP contribution is -2.34. The topological polar surface area (TPSA) is 58.4 Å². The van der Waals surface area contributed by atoms with Crippen LogP contribution in [0.3, 0.4) is 0 Å². The molecule has 4 heteroatoms. The van der Waals surface area contributed by atoms with E-state index in [4.69, 9.17) is 5.73 Å². The first-order valence-electron chi connectivity index (χ1n) is 6.61. The van der Waals surface area contributed by atoms with Crippen molar-refractivity contribution in [1.82, 2.24) is 0 Å². The average Bonchev–Trinajstić information content (AvgIpc) is 2.42. The summed E-state index contributed by atoms with van der Waals surface area (Å²) in [5.74, 6) is 0. The second kappa shape index (κ2) is 6.10. The zero-order valence-corrected chi connectivity index (χ0v) is 11.8. The smallest absolute Gasteiger partial charge is 0.326 e. The molecule has 0 aromatic heterocycles. The summed E-state index contributed by atoms with van der Waals surface area (Å²) < 4.78 is 0. The lowest BCUT2D eigenvalue weighted by Gasteiger charge is -2.22. The summed E-state index contributed by atoms with van der Waals surface area (Å²) in [4.78, 5) is 14.0. The van der Waals surface area contributed by atoms with Crippen LogP contribution in [0.2, 0.25) is 0 Å². The predicted octanol–water partition coefficient (Wildman–Crippen LogP) is 3.64. The van der Waals surface area contributed by atoms with Crippen molar-refractivity contribution in [3.63, 3.8) is 0 Å². The Morgan fingerprint density at radius 2 is 1.90 bits per heavy atom. The Hall–Kier alpha value is -2.49. The number of amides is 2. The second-order valence-corrected chi connectivity index (χ2v) is 4.64. The minimum atomic E-state index is -0.150. The van der Waals surface area contributed by atoms with Crippen LogP contribution in [0.1, 0.15) is 12.5 Å². The molecule has 0 atom stereocenters. The average molecular weight is 269 g/mol. The highest BCUT2D eigenvalue weighted by Gasteiger charge is 2.13. The first kappa shape index (κ1) is 13.9. The van der Waals surface area contributed by atoms with Crippen molar-refractivity contribution in [3.8, 4) is 0 Å². The monoisotopic (exact) mass is 269 g/mol. The van der Waals surface area contributed by atoms with Crippen LogP contribution in [-0.2, 0) is 0 Å². The molecular weight excluding hydrogens is 250 g/mol. The number of urea groups is 1. The van der Waals surface area contributed by atoms with E-state index >= 15 is 0 Å². The van der Waals surface area contributed by atoms with Crippen molar-refractivity contribution >= 4 is 23.1 Å². The van der Waals surface area contributed by atoms with E-state index in [1.807, 2.05) is 38.1 Å². The maximum Gasteiger partial charge on any atom is 0.326 e. The summed E-state index contributed by atoms with van der Waals surface area (Å²) in [5, 5.41) is 2.87. The van der Waals surface area contributed by atoms with Gasteiger partial charge in [0.15, 0.2) is 0 Å². The van der Waals surface area contributed by atoms with Crippen molar-refractivity contribution in [3.05, 3.63) is 54.1 Å². The van der Waals surface area contributed by atoms with Crippen LogP contribution in [-0.4, -0.2) is 12.6 Å². The zero-order valence-electron chi connectivity index (χ0n) is 11.8. The van der Waals surface area contributed by atoms with Crippen molar-refractivity contribution in [2.24, 2.45) is 0 Å². The van der Waals surface area contributed by atoms with Crippen molar-refractivity contribution in [2.75, 3.05) is 22.5 Å². The number of carbonyl (C=O) groups is 1. The van der Waals surface area contributed by atoms with E-state index in [-0.39, 0.29) is 6.03 Å². The summed E-state index contributed by atoms with van der Waals surface area (Å²) in [5.41, 5.74) is 9.05. The number of carbonyl (C=O) groups excluding carboxylic acids is 1. The third-order valence-corrected chi connectivity index (χ3v) is 3.04. The fraction of sp³-hybridized carbons (Fsp3) is 0.188. The highest BCUT2D eigenvalue weighted by molar-refractivity contribution is 6.01. The molecule has 0 unspecified atom stereocenters. The van der Waals surface area contributed by atoms with Gasteiger partial charge in [-0.05, 0) is 55.8 Å². The van der Waals surface area contributed by atoms with Crippen LogP contribution in [0.25, 0.3) is 0 Å². The lowest BCUT2D eigenvalue weighted by molar-refractivity contribution is 0.257. The number of nitrogens with one attached hydrogen (secondary N) is 1. The number of rotatable bonds is 3. The van der Waals surface area contributed by atoms with Gasteiger partial charge >= 0.3 is 6.03 Å². The van der Waals surface area contributed by atoms with Crippen LogP contribution in [0.5, 0.6) is 0 Å². The normalized spacial score (nSPS) is 10.1. The van der Waals surface area contributed by atoms with Gasteiger partial charge in [0, 0.05) is 23.6 Å². The Bertz CT molecular complexity index is 593. The fourth-order valence-corrected chi connectivity index (χ4v) is 2.00. The van der Waals surface area contributed by atoms with E-state index in [0.717, 1.165) is 16.9 Å². The molecule has 0 aliphatic heterocycles. The van der Waals surface area contributed by atoms with Crippen molar-refractivity contribution in [1.29, 1.82) is 0 Å². The lowest BCUT2D eigenvalue weighted by atomic mass is 10.2. The van der Waals surface area contributed by atoms with Gasteiger partial charge in [-0.25, -0.2) is 4.79 Å². The molecule has 0 radical (unpaired) electrons. The molecular formula is C16H19N3O. The molecule has 0 aliphatic rings. The van der Waals surface area contributed by atoms with Gasteiger partial charge in [-0.1, -0.05) is 12.1 Å². The van der Waals surface area contributed by atoms with Crippen molar-refractivity contribution < 1.29 is 4.79 Å². The van der Waals surface area contributed by atoms with Gasteiger partial charge in [-0.15, -0.1) is 0 Å². The molecule has 0 saturated carbocycles. The number of hydrogen-bond acceptors (Lipinski definition) is 2. The van der Waals surface area contributed by atoms with Crippen LogP contribution in [0, 0.1) is 6.92 Å². The molecule has 2 aromatic rings. The van der Waals surface area contributed by atoms with E-state index in [9.17, 15) is 4.79 Å². The van der Waals surface area contributed by atoms with Gasteiger partial charge < -0.3 is 11.1 Å². The summed E-state index contributed by atoms with van der Waals surface area (Å²) in [6, 6.07) is 14.8. The number of nitrogens with two attached hydrogens (primary N) is 1. The Morgan fingerprint density at radius 1 is 1.20 bits per heavy atom. The zero-order chi connectivity index (χ0) is 14.5. The molecule has 0 saturated heterocycles. The number of nitrogens with zero attached hydrogens (tertiary/aromatic N) is 1. The molecule has 0 heterocycles. The van der Waals surface area contributed by atoms with Gasteiger partial charge in [0.05, 0.1) is 0 Å². The summed E-state index contributed by atoms with van der Waals surface area (Å²) >= 11 is 0. The maximum atomic E-state index is 12.3. The first-order chi connectivity index (χ1) is 9.60. The number of benzene rings is 2. The number of aryl methyl sites for hydroxylation is 1. The van der Waals surface area contributed by atoms with Gasteiger partial charge in [0.1, 0.15) is 0 Å². The maximum absolute atomic E-state index is 12.3. The largest absolute Gasteiger partial charge is 0.399 e. The van der Waals surface area contributed by atoms with Crippen LogP contribution < -0.4 is 16.0 Å². The Labute approximate surface area is 119 Å². The minimum absolute atomic E-state index is 0.150. The van der Waals surface area contributed by atoms with E-state index in [1.54, 1.807) is 29.2 Å². The highest BCUT2D eigenvalue weighted by Crippen LogP contribution is 2.18. The molecule has 20 heavy (non-hydrogen) atoms. The highest BCUT2D eigenvalue weighted by atomic mass is 16.2. The third-order valence-electron chi connectivity index (χ3n) is 3.04. The minimum Gasteiger partial charge on any atom is -0.399 e. The van der Waals surface area contributed by atoms with Gasteiger partial charge in [-0.2, -0.15) is 0 Å². The van der Waals surface area contributed by atoms with Crippen molar-refractivity contribution in [2.45, 2.75) is 13.8 Å². The Balaban J connectivity index is 2.15. The third kappa shape index (κ3) is 3.29. The number of hydrogen-bond donors (Lipinski definition) is 2. The second-order valence-electron chi connectivity index (χ2n) is 4.64. The Morgan fingerprint density at radius 3 is 2.50 bits per heavy atom. The molecule has 2 rings (SSSR count). The molecule has 0 bridgehead atoms. The predicted molar refractivity (Wildman–Crippen MR) is 84.1 cm³/mol. The van der Waals surface area contributed by atoms with E-state index in [1.165, 1.54) is 0 Å². The number of nitrogen functional groups attached to an aromatic ring is 1. The van der Waals surface area contributed by atoms with Crippen LogP contribution >= 0.6 is 0 Å². The van der Waals surface area contributed by atoms with Crippen LogP contribution in [0.15, 0.2) is 48.5 Å². The van der Waals surface area contributed by atoms with E-state index < -0.39 is 0 Å².